The fourth-order valence-electron chi connectivity index (χ4n) is 4.22. The highest BCUT2D eigenvalue weighted by Crippen LogP contribution is 2.83. The van der Waals surface area contributed by atoms with Crippen molar-refractivity contribution in [2.45, 2.75) is 12.5 Å². The Labute approximate surface area is 66.8 Å². The van der Waals surface area contributed by atoms with E-state index in [2.05, 4.69) is 0 Å². The number of hydrogen-bond donors (Lipinski definition) is 1. The molecule has 4 aliphatic carbocycles. The summed E-state index contributed by atoms with van der Waals surface area (Å²) in [4.78, 5) is 0. The first-order chi connectivity index (χ1) is 4.39. The zero-order valence-corrected chi connectivity index (χ0v) is 6.55. The minimum atomic E-state index is 0. The van der Waals surface area contributed by atoms with Crippen molar-refractivity contribution in [1.82, 2.24) is 0 Å². The molecule has 4 rings (SSSR count). The first-order valence-electron chi connectivity index (χ1n) is 4.15. The first kappa shape index (κ1) is 5.84. The molecule has 0 saturated heterocycles. The molecule has 1 nitrogen and oxygen atoms in total. The van der Waals surface area contributed by atoms with Crippen LogP contribution in [0.1, 0.15) is 6.42 Å². The molecule has 0 aromatic rings. The predicted molar refractivity (Wildman–Crippen MR) is 40.8 cm³/mol. The van der Waals surface area contributed by atoms with Crippen LogP contribution in [0.5, 0.6) is 0 Å². The SMILES string of the molecule is Cl.NC1C2C3CC4C1C4C32. The van der Waals surface area contributed by atoms with E-state index < -0.39 is 0 Å². The Bertz CT molecular complexity index is 158. The van der Waals surface area contributed by atoms with Gasteiger partial charge in [-0.1, -0.05) is 0 Å². The summed E-state index contributed by atoms with van der Waals surface area (Å²) < 4.78 is 0. The van der Waals surface area contributed by atoms with Crippen molar-refractivity contribution in [2.24, 2.45) is 41.2 Å². The lowest BCUT2D eigenvalue weighted by Crippen LogP contribution is -2.28. The van der Waals surface area contributed by atoms with E-state index in [-0.39, 0.29) is 12.4 Å². The fourth-order valence-corrected chi connectivity index (χ4v) is 4.22. The number of nitrogens with two attached hydrogens (primary N) is 1. The number of hydrogen-bond acceptors (Lipinski definition) is 1. The van der Waals surface area contributed by atoms with Gasteiger partial charge in [0.15, 0.2) is 0 Å². The maximum atomic E-state index is 6.03. The molecule has 0 radical (unpaired) electrons. The van der Waals surface area contributed by atoms with Crippen molar-refractivity contribution in [1.29, 1.82) is 0 Å². The van der Waals surface area contributed by atoms with Gasteiger partial charge in [-0.25, -0.2) is 0 Å². The topological polar surface area (TPSA) is 26.0 Å². The summed E-state index contributed by atoms with van der Waals surface area (Å²) >= 11 is 0. The molecule has 0 spiro atoms. The summed E-state index contributed by atoms with van der Waals surface area (Å²) in [7, 11) is 0. The van der Waals surface area contributed by atoms with Crippen molar-refractivity contribution in [2.75, 3.05) is 0 Å². The maximum absolute atomic E-state index is 6.03. The smallest absolute Gasteiger partial charge is 0.0107 e. The van der Waals surface area contributed by atoms with Crippen molar-refractivity contribution in [3.05, 3.63) is 0 Å². The molecule has 2 N–H and O–H groups in total. The highest BCUT2D eigenvalue weighted by atomic mass is 35.5. The van der Waals surface area contributed by atoms with Crippen molar-refractivity contribution < 1.29 is 0 Å². The van der Waals surface area contributed by atoms with Gasteiger partial charge in [0.1, 0.15) is 0 Å². The lowest BCUT2D eigenvalue weighted by atomic mass is 9.96. The zero-order chi connectivity index (χ0) is 5.75. The molecule has 6 atom stereocenters. The third kappa shape index (κ3) is 0.330. The van der Waals surface area contributed by atoms with Gasteiger partial charge in [-0.15, -0.1) is 12.4 Å². The van der Waals surface area contributed by atoms with Gasteiger partial charge >= 0.3 is 0 Å². The number of rotatable bonds is 0. The average molecular weight is 158 g/mol. The molecule has 0 amide bonds. The Morgan fingerprint density at radius 1 is 0.900 bits per heavy atom. The molecule has 4 saturated carbocycles. The van der Waals surface area contributed by atoms with E-state index >= 15 is 0 Å². The molecule has 0 aromatic carbocycles. The van der Waals surface area contributed by atoms with Crippen LogP contribution in [-0.4, -0.2) is 6.04 Å². The van der Waals surface area contributed by atoms with Gasteiger partial charge in [0.25, 0.3) is 0 Å². The van der Waals surface area contributed by atoms with Crippen LogP contribution in [-0.2, 0) is 0 Å². The standard InChI is InChI=1S/C8H11N.ClH/c9-8-6-2-1-3-5(4(2)6)7(3)8;/h2-8H,1,9H2;1H. The molecule has 2 heteroatoms. The van der Waals surface area contributed by atoms with Crippen LogP contribution in [0.3, 0.4) is 0 Å². The molecule has 4 fully saturated rings. The van der Waals surface area contributed by atoms with Crippen LogP contribution in [0.25, 0.3) is 0 Å². The predicted octanol–water partition coefficient (Wildman–Crippen LogP) is 0.877. The monoisotopic (exact) mass is 157 g/mol. The van der Waals surface area contributed by atoms with E-state index in [4.69, 9.17) is 5.73 Å². The Morgan fingerprint density at radius 2 is 1.40 bits per heavy atom. The van der Waals surface area contributed by atoms with Gasteiger partial charge in [-0.2, -0.15) is 0 Å². The van der Waals surface area contributed by atoms with Gasteiger partial charge in [0.05, 0.1) is 0 Å². The van der Waals surface area contributed by atoms with Gasteiger partial charge in [-0.3, -0.25) is 0 Å². The van der Waals surface area contributed by atoms with Gasteiger partial charge < -0.3 is 5.73 Å². The van der Waals surface area contributed by atoms with Crippen LogP contribution < -0.4 is 5.73 Å². The van der Waals surface area contributed by atoms with Crippen molar-refractivity contribution in [3.8, 4) is 0 Å². The average Bonchev–Trinajstić information content (AvgIpc) is 2.65. The van der Waals surface area contributed by atoms with E-state index in [1.54, 1.807) is 6.42 Å². The summed E-state index contributed by atoms with van der Waals surface area (Å²) in [6.45, 7) is 0. The quantitative estimate of drug-likeness (QED) is 0.555. The lowest BCUT2D eigenvalue weighted by Gasteiger charge is -2.14. The highest BCUT2D eigenvalue weighted by Gasteiger charge is 2.82. The molecular weight excluding hydrogens is 146 g/mol. The summed E-state index contributed by atoms with van der Waals surface area (Å²) in [5.41, 5.74) is 6.03. The summed E-state index contributed by atoms with van der Waals surface area (Å²) in [5, 5.41) is 0. The Morgan fingerprint density at radius 3 is 1.60 bits per heavy atom. The van der Waals surface area contributed by atoms with Crippen LogP contribution >= 0.6 is 12.4 Å². The molecule has 4 aliphatic rings. The molecule has 10 heavy (non-hydrogen) atoms. The second-order valence-electron chi connectivity index (χ2n) is 4.45. The summed E-state index contributed by atoms with van der Waals surface area (Å²) in [6, 6.07) is 0.656. The van der Waals surface area contributed by atoms with Gasteiger partial charge in [0, 0.05) is 6.04 Å². The number of halogens is 1. The van der Waals surface area contributed by atoms with Gasteiger partial charge in [-0.05, 0) is 41.9 Å². The third-order valence-electron chi connectivity index (χ3n) is 4.46. The Balaban J connectivity index is 0.000000360. The van der Waals surface area contributed by atoms with Crippen molar-refractivity contribution >= 4 is 12.4 Å². The molecule has 0 bridgehead atoms. The first-order valence-corrected chi connectivity index (χ1v) is 4.15. The summed E-state index contributed by atoms with van der Waals surface area (Å²) in [5.74, 6) is 6.58. The third-order valence-corrected chi connectivity index (χ3v) is 4.46. The normalized spacial score (nSPS) is 78.3. The lowest BCUT2D eigenvalue weighted by molar-refractivity contribution is 0.398. The minimum absolute atomic E-state index is 0. The molecule has 56 valence electrons. The Hall–Kier alpha value is 0.250. The van der Waals surface area contributed by atoms with E-state index in [1.807, 2.05) is 0 Å². The van der Waals surface area contributed by atoms with Crippen LogP contribution in [0, 0.1) is 35.5 Å². The van der Waals surface area contributed by atoms with Crippen LogP contribution in [0.2, 0.25) is 0 Å². The van der Waals surface area contributed by atoms with E-state index in [1.165, 1.54) is 0 Å². The highest BCUT2D eigenvalue weighted by molar-refractivity contribution is 5.85. The largest absolute Gasteiger partial charge is 0.327 e. The molecule has 6 unspecified atom stereocenters. The molecule has 0 aliphatic heterocycles. The summed E-state index contributed by atoms with van der Waals surface area (Å²) in [6.07, 6.45) is 1.57. The zero-order valence-electron chi connectivity index (χ0n) is 5.73. The minimum Gasteiger partial charge on any atom is -0.327 e. The Kier molecular flexibility index (Phi) is 0.743. The molecule has 0 heterocycles. The van der Waals surface area contributed by atoms with Crippen LogP contribution in [0.4, 0.5) is 0 Å². The van der Waals surface area contributed by atoms with E-state index in [0.717, 1.165) is 35.5 Å². The van der Waals surface area contributed by atoms with Crippen molar-refractivity contribution in [3.63, 3.8) is 0 Å². The fraction of sp³-hybridized carbons (Fsp3) is 1.00. The van der Waals surface area contributed by atoms with E-state index in [9.17, 15) is 0 Å². The van der Waals surface area contributed by atoms with E-state index in [0.29, 0.717) is 6.04 Å². The molecular formula is C8H12ClN. The van der Waals surface area contributed by atoms with Gasteiger partial charge in [0.2, 0.25) is 0 Å². The second-order valence-corrected chi connectivity index (χ2v) is 4.45. The second kappa shape index (κ2) is 1.27. The molecule has 0 aromatic heterocycles. The van der Waals surface area contributed by atoms with Crippen LogP contribution in [0.15, 0.2) is 0 Å². The number of fused-ring (bicyclic) bond motifs is 2. The maximum Gasteiger partial charge on any atom is 0.0107 e.